The van der Waals surface area contributed by atoms with Crippen LogP contribution in [0, 0.1) is 91.4 Å². The maximum atomic E-state index is 12.4. The molecule has 3 heterocycles. The Kier molecular flexibility index (Phi) is 79.8. The van der Waals surface area contributed by atoms with Crippen molar-refractivity contribution in [2.75, 3.05) is 76.8 Å². The number of amides is 4. The Morgan fingerprint density at radius 2 is 0.885 bits per heavy atom. The summed E-state index contributed by atoms with van der Waals surface area (Å²) in [4.78, 5) is 67.9. The van der Waals surface area contributed by atoms with Crippen molar-refractivity contribution in [2.24, 2.45) is 9.64 Å². The van der Waals surface area contributed by atoms with Gasteiger partial charge in [0.15, 0.2) is 10.5 Å². The second-order valence-electron chi connectivity index (χ2n) is 33.2. The van der Waals surface area contributed by atoms with Crippen molar-refractivity contribution >= 4 is 274 Å². The summed E-state index contributed by atoms with van der Waals surface area (Å²) in [7, 11) is 8.49. The number of benzene rings is 9. The smallest absolute Gasteiger partial charge is 0.123 e. The summed E-state index contributed by atoms with van der Waals surface area (Å²) in [6, 6.07) is 69.9. The molecular weight excluding hydrogens is 2500 g/mol. The first-order chi connectivity index (χ1) is 70.9. The van der Waals surface area contributed by atoms with E-state index in [2.05, 4.69) is 324 Å². The zero-order chi connectivity index (χ0) is 111. The molecule has 17 rings (SSSR count). The number of nitrogens with one attached hydrogen (secondary N) is 5. The number of carbonyl (C=O) groups is 5. The fourth-order valence-corrected chi connectivity index (χ4v) is 16.0. The number of hydrazine groups is 1. The largest absolute Gasteiger partial charge is 0.288 e. The number of aryl methyl sites for hydroxylation is 8. The number of nitrogens with two attached hydrogens (primary N) is 2. The Hall–Kier alpha value is -5.97. The maximum Gasteiger partial charge on any atom is 0.123 e. The minimum absolute atomic E-state index is 0. The van der Waals surface area contributed by atoms with Crippen LogP contribution in [0.2, 0.25) is 0 Å². The van der Waals surface area contributed by atoms with Gasteiger partial charge < -0.3 is 32.6 Å². The number of hydrogen-bond acceptors (Lipinski definition) is 22. The number of hydrogen-bond donors (Lipinski definition) is 10. The van der Waals surface area contributed by atoms with Gasteiger partial charge in [-0.2, -0.15) is 26.1 Å². The number of nitrogens with zero attached hydrogens (tertiary/aromatic N) is 12. The summed E-state index contributed by atoms with van der Waals surface area (Å²) < 4.78 is 31.2. The molecule has 0 atom stereocenters. The van der Waals surface area contributed by atoms with E-state index in [1.54, 1.807) is 12.7 Å². The van der Waals surface area contributed by atoms with Gasteiger partial charge in [-0.3, -0.25) is 57.2 Å². The Morgan fingerprint density at radius 1 is 0.574 bits per heavy atom. The van der Waals surface area contributed by atoms with E-state index in [1.807, 2.05) is 140 Å². The van der Waals surface area contributed by atoms with Crippen LogP contribution in [-0.2, 0) is 28.8 Å². The van der Waals surface area contributed by atoms with Crippen molar-refractivity contribution in [3.8, 4) is 17.1 Å². The van der Waals surface area contributed by atoms with E-state index in [-0.39, 0.29) is 90.9 Å². The van der Waals surface area contributed by atoms with E-state index in [0.29, 0.717) is 37.9 Å². The predicted octanol–water partition coefficient (Wildman–Crippen LogP) is 25.3. The van der Waals surface area contributed by atoms with Gasteiger partial charge in [-0.25, -0.2) is 0 Å². The molecule has 5 aliphatic rings. The van der Waals surface area contributed by atoms with E-state index in [4.69, 9.17) is 82.3 Å². The van der Waals surface area contributed by atoms with Crippen LogP contribution in [0.5, 0.6) is 0 Å². The van der Waals surface area contributed by atoms with Crippen molar-refractivity contribution in [3.63, 3.8) is 0 Å². The molecule has 45 heteroatoms. The number of rotatable bonds is 23. The van der Waals surface area contributed by atoms with Crippen LogP contribution < -0.4 is 38.4 Å². The molecule has 0 saturated heterocycles. The molecule has 27 nitrogen and oxygen atoms in total. The third-order valence-electron chi connectivity index (χ3n) is 21.1. The molecule has 5 aliphatic carbocycles. The van der Waals surface area contributed by atoms with E-state index >= 15 is 0 Å². The van der Waals surface area contributed by atoms with Crippen molar-refractivity contribution in [3.05, 3.63) is 304 Å². The second-order valence-corrected chi connectivity index (χ2v) is 38.5. The molecule has 0 spiro atoms. The molecule has 9 aromatic carbocycles. The normalized spacial score (nSPS) is 12.0. The summed E-state index contributed by atoms with van der Waals surface area (Å²) in [5, 5.41) is 40.5. The van der Waals surface area contributed by atoms with E-state index in [0.717, 1.165) is 104 Å². The minimum atomic E-state index is -1.00. The third kappa shape index (κ3) is 61.4. The van der Waals surface area contributed by atoms with E-state index in [1.165, 1.54) is 182 Å². The fraction of sp³-hybridized carbons (Fsp3) is 0.369. The number of thiol groups is 2. The Labute approximate surface area is 1000 Å². The van der Waals surface area contributed by atoms with Crippen LogP contribution in [0.25, 0.3) is 17.1 Å². The molecule has 0 aliphatic heterocycles. The van der Waals surface area contributed by atoms with Crippen LogP contribution in [0.4, 0.5) is 32.8 Å². The SMILES string of the molecule is Brc1nnc(Br)n1-c1ccc(C2CC2)cc1.CCN(C(C)C)C(C)C.CONNC=O.Cc1ccc(N)c(C)c1.Cc1ccc(NC(=O)CCl)c(C)c1.Cc1ccc(NC(=O)CS)c(C)c1.Cc1ccc(NC(=O)CSc2nnc(Br)n2-c2ccc(C3CC3)cc2)c(C)c1.ClCCl.Nc1ccc(C2CC2)cc1.O=C(Cl)CCl.O=NO.S.[2H]CF.[2H][B].[B]=NS.[Na][Na].[U].c1cc(-n2cnnc2)ccc1C1CC1.c1ccc(C2CC2)cc1. The zero-order valence-corrected chi connectivity index (χ0v) is 107. The Bertz CT molecular complexity index is 5660. The monoisotopic (exact) mass is 2630 g/mol. The first kappa shape index (κ1) is 140. The average Bonchev–Trinajstić information content (AvgIpc) is 1.68. The van der Waals surface area contributed by atoms with Gasteiger partial charge in [0.05, 0.1) is 49.7 Å². The summed E-state index contributed by atoms with van der Waals surface area (Å²) in [6.45, 7) is 28.4. The van der Waals surface area contributed by atoms with Crippen molar-refractivity contribution in [1.82, 2.24) is 60.2 Å². The molecule has 12 aromatic rings. The average molecular weight is 2640 g/mol. The Morgan fingerprint density at radius 3 is 1.18 bits per heavy atom. The van der Waals surface area contributed by atoms with Gasteiger partial charge in [0.25, 0.3) is 0 Å². The summed E-state index contributed by atoms with van der Waals surface area (Å²) in [6.07, 6.45) is 17.4. The molecule has 5 fully saturated rings. The van der Waals surface area contributed by atoms with Gasteiger partial charge >= 0.3 is 68.4 Å². The molecule has 0 bridgehead atoms. The number of carbonyl (C=O) groups excluding carboxylic acids is 5. The fourth-order valence-electron chi connectivity index (χ4n) is 13.4. The van der Waals surface area contributed by atoms with Gasteiger partial charge in [0, 0.05) is 85.7 Å². The first-order valence-electron chi connectivity index (χ1n) is 47.8. The summed E-state index contributed by atoms with van der Waals surface area (Å²) in [5.74, 6) is 4.16. The van der Waals surface area contributed by atoms with Crippen LogP contribution >= 0.6 is 156 Å². The van der Waals surface area contributed by atoms with Gasteiger partial charge in [0.1, 0.15) is 18.5 Å². The molecule has 3 radical (unpaired) electrons. The quantitative estimate of drug-likeness (QED) is 0.00272. The van der Waals surface area contributed by atoms with E-state index < -0.39 is 12.4 Å². The molecule has 0 unspecified atom stereocenters. The number of alkyl halides is 5. The number of anilines is 5. The molecular formula is C103H135B2Br3Cl5FN19Na2O8S4U. The van der Waals surface area contributed by atoms with Gasteiger partial charge in [-0.05, 0) is 367 Å². The van der Waals surface area contributed by atoms with Crippen LogP contribution in [0.15, 0.2) is 242 Å². The van der Waals surface area contributed by atoms with Crippen molar-refractivity contribution in [2.45, 2.75) is 201 Å². The van der Waals surface area contributed by atoms with Crippen LogP contribution in [-0.4, -0.2) is 206 Å². The Balaban J connectivity index is 0. The molecule has 789 valence electrons. The molecule has 4 amide bonds. The van der Waals surface area contributed by atoms with E-state index in [9.17, 15) is 28.4 Å². The summed E-state index contributed by atoms with van der Waals surface area (Å²) in [5.41, 5.74) is 39.1. The van der Waals surface area contributed by atoms with Gasteiger partial charge in [-0.15, -0.1) is 87.5 Å². The minimum Gasteiger partial charge on any atom is -0.288 e. The van der Waals surface area contributed by atoms with Crippen molar-refractivity contribution < 1.29 is 70.9 Å². The number of nitrogen functional groups attached to an aromatic ring is 2. The third-order valence-corrected chi connectivity index (χ3v) is 24.6. The van der Waals surface area contributed by atoms with Gasteiger partial charge in [-0.1, -0.05) is 168 Å². The molecule has 3 aromatic heterocycles. The topological polar surface area (TPSA) is 364 Å². The number of thioether (sulfide) groups is 1. The maximum absolute atomic E-state index is 12.4. The first-order valence-corrected chi connectivity index (χ1v) is 61.5. The van der Waals surface area contributed by atoms with Crippen LogP contribution in [0.1, 0.15) is 202 Å². The van der Waals surface area contributed by atoms with Crippen LogP contribution in [0.3, 0.4) is 0 Å². The molecule has 10 N–H and O–H groups in total. The predicted molar refractivity (Wildman–Crippen MR) is 635 cm³/mol. The van der Waals surface area contributed by atoms with Crippen molar-refractivity contribution in [1.29, 1.82) is 1.34 Å². The zero-order valence-electron chi connectivity index (χ0n) is 88.5. The molecule has 5 saturated carbocycles. The standard InChI is InChI=1S/C21H21BrN4OS.C11H9Br2N3.C11H11N3.C10H12ClNO.C10H13NOS.C9H11N.C9H10.C8H11N.C8H19N.C2H2Cl2O.C2H6N2O2.CH2Cl2.CH3F.BHNS.BH.HNO2.2Na.H2S.U/c1-13-3-10-18(14(2)11-13)23-19(27)12-28-21-25-24-20(22)26(21)17-8-6-16(7-9-17)15-4-5-15;12-10-14-15-11(13)16(10)9-5-3-8(4-6-9)7-1-2-7;1-2-9(1)10-3-5-11(6-4-10)14-7-12-13-8-14;1-7-3-4-9(8(2)5-7)12-10(13)6-11;1-7-3-4-9(8(2)5-7)11-10(12)6-13;10-9-5-3-8(4-6-9)7-1-2-7;1-2-4-8(5-3-1)9-6-7-9;1-6-3-4-8(9)7(2)5-6;1-6-9(7(2)3)8(4)5;3-1-2(4)5;1-6-4-3-2-5;2-1-3;1-2;1-2-3;;2-1-3;;;;/h3,6-11,15H,4-5,12H2,1-2H3,(H,23,27);3-7H,1-2H2;3-9H,1-2H2;3-5H,6H2,1-2H3,(H,12,13);3-5,13H,6H2,1-2H3,(H,11,12);3-7H,1-2,10H2;1-5,9H,6-7H2;3-5H,9H2,1-2H3;7-8H,6H2,1-5H3;1H2;2,4H,1H3,(H,3,5);1H2;1H3;3H;1H;(H,2,3);;;1H2;/i;;;;;;;;;;;;1D;;1D;;;;;. The molecule has 148 heavy (non-hydrogen) atoms. The number of halogens is 9. The number of aromatic nitrogens is 9. The van der Waals surface area contributed by atoms with Gasteiger partial charge in [0.2, 0.25) is 43.6 Å². The summed E-state index contributed by atoms with van der Waals surface area (Å²) >= 11 is 46.0. The second kappa shape index (κ2) is 84.4.